The Balaban J connectivity index is 1.90. The molecule has 0 fully saturated rings. The summed E-state index contributed by atoms with van der Waals surface area (Å²) in [7, 11) is 0. The predicted molar refractivity (Wildman–Crippen MR) is 96.0 cm³/mol. The third-order valence-electron chi connectivity index (χ3n) is 3.75. The van der Waals surface area contributed by atoms with Crippen LogP contribution in [0.2, 0.25) is 5.02 Å². The molecule has 0 aliphatic rings. The van der Waals surface area contributed by atoms with Gasteiger partial charge in [-0.15, -0.1) is 0 Å². The normalized spacial score (nSPS) is 11.6. The number of halogens is 1. The lowest BCUT2D eigenvalue weighted by atomic mass is 10.1. The summed E-state index contributed by atoms with van der Waals surface area (Å²) in [6.07, 6.45) is 0.963. The number of carbonyl (C=O) groups is 1. The number of aryl methyl sites for hydroxylation is 1. The number of nitro benzene ring substituents is 1. The minimum absolute atomic E-state index is 0.0882. The molecule has 0 radical (unpaired) electrons. The van der Waals surface area contributed by atoms with Gasteiger partial charge < -0.3 is 10.1 Å². The number of nitro groups is 1. The topological polar surface area (TPSA) is 81.5 Å². The van der Waals surface area contributed by atoms with E-state index in [1.807, 2.05) is 31.2 Å². The summed E-state index contributed by atoms with van der Waals surface area (Å²) < 4.78 is 5.34. The van der Waals surface area contributed by atoms with Gasteiger partial charge in [-0.05, 0) is 30.5 Å². The monoisotopic (exact) mass is 362 g/mol. The van der Waals surface area contributed by atoms with Crippen molar-refractivity contribution in [2.75, 3.05) is 6.61 Å². The molecule has 0 spiro atoms. The number of hydrogen-bond donors (Lipinski definition) is 1. The van der Waals surface area contributed by atoms with E-state index in [0.29, 0.717) is 0 Å². The van der Waals surface area contributed by atoms with Crippen molar-refractivity contribution in [2.45, 2.75) is 26.3 Å². The van der Waals surface area contributed by atoms with E-state index in [1.54, 1.807) is 0 Å². The zero-order chi connectivity index (χ0) is 18.4. The minimum atomic E-state index is -0.548. The van der Waals surface area contributed by atoms with E-state index < -0.39 is 4.92 Å². The van der Waals surface area contributed by atoms with Gasteiger partial charge in [0.2, 0.25) is 0 Å². The van der Waals surface area contributed by atoms with Crippen molar-refractivity contribution in [3.8, 4) is 5.75 Å². The van der Waals surface area contributed by atoms with Crippen molar-refractivity contribution in [2.24, 2.45) is 0 Å². The van der Waals surface area contributed by atoms with Gasteiger partial charge in [0.25, 0.3) is 11.6 Å². The third kappa shape index (κ3) is 5.19. The van der Waals surface area contributed by atoms with Crippen LogP contribution in [0.15, 0.2) is 42.5 Å². The summed E-state index contributed by atoms with van der Waals surface area (Å²) in [5, 5.41) is 13.6. The largest absolute Gasteiger partial charge is 0.482 e. The highest BCUT2D eigenvalue weighted by molar-refractivity contribution is 6.32. The van der Waals surface area contributed by atoms with Crippen molar-refractivity contribution in [3.05, 3.63) is 68.7 Å². The van der Waals surface area contributed by atoms with Gasteiger partial charge in [-0.1, -0.05) is 42.8 Å². The number of rotatable bonds is 7. The fraction of sp³-hybridized carbons (Fsp3) is 0.278. The third-order valence-corrected chi connectivity index (χ3v) is 4.05. The molecule has 25 heavy (non-hydrogen) atoms. The number of amides is 1. The maximum atomic E-state index is 12.0. The van der Waals surface area contributed by atoms with Crippen molar-refractivity contribution in [1.29, 1.82) is 0 Å². The van der Waals surface area contributed by atoms with Gasteiger partial charge in [0.1, 0.15) is 5.75 Å². The highest BCUT2D eigenvalue weighted by Gasteiger charge is 2.13. The molecule has 1 unspecified atom stereocenters. The number of nitrogens with zero attached hydrogens (tertiary/aromatic N) is 1. The van der Waals surface area contributed by atoms with Crippen LogP contribution in [0.1, 0.15) is 31.0 Å². The molecule has 0 aliphatic carbocycles. The molecule has 0 aromatic heterocycles. The van der Waals surface area contributed by atoms with Crippen LogP contribution in [0.3, 0.4) is 0 Å². The summed E-state index contributed by atoms with van der Waals surface area (Å²) in [5.74, 6) is -0.0798. The van der Waals surface area contributed by atoms with Gasteiger partial charge in [-0.2, -0.15) is 0 Å². The molecule has 0 heterocycles. The first kappa shape index (κ1) is 18.7. The van der Waals surface area contributed by atoms with E-state index in [-0.39, 0.29) is 35.0 Å². The van der Waals surface area contributed by atoms with Crippen molar-refractivity contribution in [3.63, 3.8) is 0 Å². The van der Waals surface area contributed by atoms with Gasteiger partial charge in [0.05, 0.1) is 16.0 Å². The molecule has 132 valence electrons. The first-order valence-electron chi connectivity index (χ1n) is 7.85. The Morgan fingerprint density at radius 1 is 1.28 bits per heavy atom. The molecule has 2 aromatic carbocycles. The van der Waals surface area contributed by atoms with Gasteiger partial charge >= 0.3 is 0 Å². The summed E-state index contributed by atoms with van der Waals surface area (Å²) in [5.41, 5.74) is 2.10. The maximum Gasteiger partial charge on any atom is 0.271 e. The van der Waals surface area contributed by atoms with E-state index in [4.69, 9.17) is 16.3 Å². The summed E-state index contributed by atoms with van der Waals surface area (Å²) in [4.78, 5) is 22.1. The van der Waals surface area contributed by atoms with Crippen LogP contribution < -0.4 is 10.1 Å². The molecule has 2 aromatic rings. The second-order valence-corrected chi connectivity index (χ2v) is 5.95. The minimum Gasteiger partial charge on any atom is -0.482 e. The number of hydrogen-bond acceptors (Lipinski definition) is 4. The second kappa shape index (κ2) is 8.48. The molecule has 1 N–H and O–H groups in total. The lowest BCUT2D eigenvalue weighted by Crippen LogP contribution is -2.31. The standard InChI is InChI=1S/C18H19ClN2O4/c1-3-13-4-6-14(7-5-13)12(2)20-18(22)11-25-17-9-8-15(21(23)24)10-16(17)19/h4-10,12H,3,11H2,1-2H3,(H,20,22). The Hall–Kier alpha value is -2.60. The van der Waals surface area contributed by atoms with E-state index >= 15 is 0 Å². The van der Waals surface area contributed by atoms with Crippen LogP contribution in [0, 0.1) is 10.1 Å². The quantitative estimate of drug-likeness (QED) is 0.594. The van der Waals surface area contributed by atoms with Crippen LogP contribution in [0.25, 0.3) is 0 Å². The molecule has 7 heteroatoms. The Labute approximate surface area is 150 Å². The van der Waals surface area contributed by atoms with Crippen molar-refractivity contribution < 1.29 is 14.5 Å². The molecule has 0 saturated carbocycles. The molecule has 1 amide bonds. The zero-order valence-electron chi connectivity index (χ0n) is 14.0. The highest BCUT2D eigenvalue weighted by atomic mass is 35.5. The number of non-ortho nitro benzene ring substituents is 1. The Morgan fingerprint density at radius 2 is 1.96 bits per heavy atom. The van der Waals surface area contributed by atoms with Crippen LogP contribution in [0.4, 0.5) is 5.69 Å². The van der Waals surface area contributed by atoms with Crippen molar-refractivity contribution in [1.82, 2.24) is 5.32 Å². The first-order chi connectivity index (χ1) is 11.9. The van der Waals surface area contributed by atoms with E-state index in [2.05, 4.69) is 12.2 Å². The molecule has 0 bridgehead atoms. The van der Waals surface area contributed by atoms with Crippen LogP contribution in [0.5, 0.6) is 5.75 Å². The molecule has 6 nitrogen and oxygen atoms in total. The predicted octanol–water partition coefficient (Wildman–Crippen LogP) is 4.07. The average Bonchev–Trinajstić information content (AvgIpc) is 2.60. The lowest BCUT2D eigenvalue weighted by molar-refractivity contribution is -0.384. The molecule has 0 saturated heterocycles. The Bertz CT molecular complexity index is 762. The van der Waals surface area contributed by atoms with E-state index in [1.165, 1.54) is 23.8 Å². The first-order valence-corrected chi connectivity index (χ1v) is 8.23. The molecular formula is C18H19ClN2O4. The van der Waals surface area contributed by atoms with E-state index in [9.17, 15) is 14.9 Å². The molecule has 2 rings (SSSR count). The van der Waals surface area contributed by atoms with Crippen LogP contribution in [-0.2, 0) is 11.2 Å². The summed E-state index contributed by atoms with van der Waals surface area (Å²) in [6, 6.07) is 11.7. The van der Waals surface area contributed by atoms with Gasteiger partial charge in [0.15, 0.2) is 6.61 Å². The number of nitrogens with one attached hydrogen (secondary N) is 1. The van der Waals surface area contributed by atoms with Crippen LogP contribution in [-0.4, -0.2) is 17.4 Å². The van der Waals surface area contributed by atoms with Crippen LogP contribution >= 0.6 is 11.6 Å². The summed E-state index contributed by atoms with van der Waals surface area (Å²) >= 11 is 5.93. The Morgan fingerprint density at radius 3 is 2.52 bits per heavy atom. The van der Waals surface area contributed by atoms with Crippen molar-refractivity contribution >= 4 is 23.2 Å². The van der Waals surface area contributed by atoms with Gasteiger partial charge in [-0.3, -0.25) is 14.9 Å². The zero-order valence-corrected chi connectivity index (χ0v) is 14.7. The SMILES string of the molecule is CCc1ccc(C(C)NC(=O)COc2ccc([N+](=O)[O-])cc2Cl)cc1. The number of benzene rings is 2. The smallest absolute Gasteiger partial charge is 0.271 e. The lowest BCUT2D eigenvalue weighted by Gasteiger charge is -2.15. The molecule has 0 aliphatic heterocycles. The fourth-order valence-electron chi connectivity index (χ4n) is 2.27. The van der Waals surface area contributed by atoms with Gasteiger partial charge in [-0.25, -0.2) is 0 Å². The average molecular weight is 363 g/mol. The Kier molecular flexibility index (Phi) is 6.36. The number of carbonyl (C=O) groups excluding carboxylic acids is 1. The van der Waals surface area contributed by atoms with E-state index in [0.717, 1.165) is 12.0 Å². The molecular weight excluding hydrogens is 344 g/mol. The fourth-order valence-corrected chi connectivity index (χ4v) is 2.50. The number of ether oxygens (including phenoxy) is 1. The maximum absolute atomic E-state index is 12.0. The summed E-state index contributed by atoms with van der Waals surface area (Å²) in [6.45, 7) is 3.74. The molecule has 1 atom stereocenters. The highest BCUT2D eigenvalue weighted by Crippen LogP contribution is 2.28. The second-order valence-electron chi connectivity index (χ2n) is 5.54. The van der Waals surface area contributed by atoms with Gasteiger partial charge in [0, 0.05) is 12.1 Å².